The Morgan fingerprint density at radius 1 is 1.24 bits per heavy atom. The highest BCUT2D eigenvalue weighted by Gasteiger charge is 2.76. The van der Waals surface area contributed by atoms with Crippen molar-refractivity contribution in [3.05, 3.63) is 25.3 Å². The second-order valence-electron chi connectivity index (χ2n) is 12.7. The standard InChI is InChI=1S/C29H45BrN2O5S/c1-8-10-11-12-16-37-26(36)20-21-24(34)31(14-15-33)23(29(21)17-19(30)22(20)38-29)25(35)32(13-9-2)28(6,7)18-27(3,4)5/h8-9,19-23,33H,1-2,10-18H2,3-7H3/t19?,20-,21-,22-,23?,29?/m0/s1. The molecule has 3 saturated heterocycles. The Morgan fingerprint density at radius 2 is 1.92 bits per heavy atom. The van der Waals surface area contributed by atoms with Crippen LogP contribution in [0.3, 0.4) is 0 Å². The van der Waals surface area contributed by atoms with E-state index in [-0.39, 0.29) is 46.4 Å². The molecule has 2 amide bonds. The van der Waals surface area contributed by atoms with Crippen molar-refractivity contribution >= 4 is 45.5 Å². The summed E-state index contributed by atoms with van der Waals surface area (Å²) < 4.78 is 4.92. The van der Waals surface area contributed by atoms with Crippen LogP contribution in [-0.4, -0.2) is 85.4 Å². The van der Waals surface area contributed by atoms with Gasteiger partial charge < -0.3 is 19.6 Å². The van der Waals surface area contributed by atoms with Crippen molar-refractivity contribution in [3.63, 3.8) is 0 Å². The van der Waals surface area contributed by atoms with Crippen molar-refractivity contribution in [1.29, 1.82) is 0 Å². The molecule has 3 unspecified atom stereocenters. The van der Waals surface area contributed by atoms with Crippen molar-refractivity contribution in [2.24, 2.45) is 17.3 Å². The minimum atomic E-state index is -0.771. The molecule has 0 aromatic rings. The summed E-state index contributed by atoms with van der Waals surface area (Å²) in [4.78, 5) is 45.2. The number of thioether (sulfide) groups is 1. The number of hydrogen-bond donors (Lipinski definition) is 1. The van der Waals surface area contributed by atoms with Gasteiger partial charge in [-0.05, 0) is 51.4 Å². The number of aliphatic hydroxyl groups excluding tert-OH is 1. The number of amides is 2. The van der Waals surface area contributed by atoms with Crippen molar-refractivity contribution in [1.82, 2.24) is 9.80 Å². The number of ether oxygens (including phenoxy) is 1. The second-order valence-corrected chi connectivity index (χ2v) is 15.4. The van der Waals surface area contributed by atoms with Gasteiger partial charge in [-0.2, -0.15) is 0 Å². The quantitative estimate of drug-likeness (QED) is 0.142. The molecule has 1 N–H and O–H groups in total. The first-order valence-electron chi connectivity index (χ1n) is 13.7. The summed E-state index contributed by atoms with van der Waals surface area (Å²) in [6, 6.07) is -0.771. The van der Waals surface area contributed by atoms with Crippen molar-refractivity contribution in [2.75, 3.05) is 26.3 Å². The molecule has 0 radical (unpaired) electrons. The van der Waals surface area contributed by atoms with E-state index in [4.69, 9.17) is 4.74 Å². The SMILES string of the molecule is C=CCCCCOC(=O)[C@H]1[C@H]2C(=O)N(CCO)C(C(=O)N(CC=C)C(C)(C)CC(C)(C)C)C23CC(Br)[C@@H]1S3. The van der Waals surface area contributed by atoms with Crippen LogP contribution in [0.25, 0.3) is 0 Å². The van der Waals surface area contributed by atoms with Gasteiger partial charge in [0.25, 0.3) is 0 Å². The van der Waals surface area contributed by atoms with Gasteiger partial charge in [0.2, 0.25) is 11.8 Å². The number of hydrogen-bond acceptors (Lipinski definition) is 6. The van der Waals surface area contributed by atoms with Gasteiger partial charge in [0.1, 0.15) is 6.04 Å². The average Bonchev–Trinajstić information content (AvgIpc) is 3.39. The summed E-state index contributed by atoms with van der Waals surface area (Å²) in [5.74, 6) is -2.01. The third kappa shape index (κ3) is 5.90. The number of allylic oxidation sites excluding steroid dienone is 1. The van der Waals surface area contributed by atoms with E-state index in [1.165, 1.54) is 4.90 Å². The predicted octanol–water partition coefficient (Wildman–Crippen LogP) is 4.57. The number of nitrogens with zero attached hydrogens (tertiary/aromatic N) is 2. The molecule has 0 aliphatic carbocycles. The van der Waals surface area contributed by atoms with E-state index in [0.29, 0.717) is 19.6 Å². The normalized spacial score (nSPS) is 30.3. The lowest BCUT2D eigenvalue weighted by Crippen LogP contribution is -2.60. The molecular weight excluding hydrogens is 568 g/mol. The Kier molecular flexibility index (Phi) is 9.90. The van der Waals surface area contributed by atoms with Crippen molar-refractivity contribution in [2.45, 2.75) is 93.1 Å². The van der Waals surface area contributed by atoms with Crippen LogP contribution < -0.4 is 0 Å². The van der Waals surface area contributed by atoms with E-state index >= 15 is 0 Å². The monoisotopic (exact) mass is 612 g/mol. The first-order chi connectivity index (χ1) is 17.8. The highest BCUT2D eigenvalue weighted by molar-refractivity contribution is 9.09. The molecule has 9 heteroatoms. The summed E-state index contributed by atoms with van der Waals surface area (Å²) in [5.41, 5.74) is -0.520. The van der Waals surface area contributed by atoms with E-state index in [2.05, 4.69) is 63.7 Å². The highest BCUT2D eigenvalue weighted by Crippen LogP contribution is 2.68. The Bertz CT molecular complexity index is 934. The van der Waals surface area contributed by atoms with Crippen LogP contribution in [-0.2, 0) is 19.1 Å². The summed E-state index contributed by atoms with van der Waals surface area (Å²) in [5, 5.41) is 9.75. The molecule has 7 nitrogen and oxygen atoms in total. The number of aliphatic hydroxyl groups is 1. The fourth-order valence-electron chi connectivity index (χ4n) is 6.99. The molecule has 3 rings (SSSR count). The van der Waals surface area contributed by atoms with Gasteiger partial charge in [-0.25, -0.2) is 0 Å². The third-order valence-electron chi connectivity index (χ3n) is 7.95. The molecule has 3 fully saturated rings. The molecule has 1 spiro atoms. The van der Waals surface area contributed by atoms with Crippen LogP contribution >= 0.6 is 27.7 Å². The van der Waals surface area contributed by atoms with Crippen LogP contribution in [0, 0.1) is 17.3 Å². The zero-order valence-corrected chi connectivity index (χ0v) is 26.0. The number of β-amino-alcohol motifs (C(OH)–C–C–N with tert-alkyl or cyclic N) is 1. The summed E-state index contributed by atoms with van der Waals surface area (Å²) in [7, 11) is 0. The maximum Gasteiger partial charge on any atom is 0.310 e. The average molecular weight is 614 g/mol. The molecule has 214 valence electrons. The lowest BCUT2D eigenvalue weighted by Gasteiger charge is -2.46. The highest BCUT2D eigenvalue weighted by atomic mass is 79.9. The lowest BCUT2D eigenvalue weighted by atomic mass is 9.70. The van der Waals surface area contributed by atoms with Crippen LogP contribution in [0.2, 0.25) is 0 Å². The summed E-state index contributed by atoms with van der Waals surface area (Å²) in [6.45, 7) is 18.6. The molecule has 3 aliphatic heterocycles. The number of esters is 1. The number of fused-ring (bicyclic) bond motifs is 1. The number of unbranched alkanes of at least 4 members (excludes halogenated alkanes) is 2. The third-order valence-corrected chi connectivity index (χ3v) is 11.2. The number of carbonyl (C=O) groups excluding carboxylic acids is 3. The largest absolute Gasteiger partial charge is 0.465 e. The number of rotatable bonds is 13. The van der Waals surface area contributed by atoms with Gasteiger partial charge in [-0.3, -0.25) is 14.4 Å². The molecular formula is C29H45BrN2O5S. The first-order valence-corrected chi connectivity index (χ1v) is 15.5. The zero-order chi connectivity index (χ0) is 28.5. The van der Waals surface area contributed by atoms with E-state index in [9.17, 15) is 19.5 Å². The van der Waals surface area contributed by atoms with E-state index < -0.39 is 28.2 Å². The molecule has 0 aromatic heterocycles. The Morgan fingerprint density at radius 3 is 2.50 bits per heavy atom. The Balaban J connectivity index is 1.97. The molecule has 0 aromatic carbocycles. The van der Waals surface area contributed by atoms with E-state index in [1.54, 1.807) is 17.8 Å². The van der Waals surface area contributed by atoms with Gasteiger partial charge in [0.15, 0.2) is 0 Å². The molecule has 0 saturated carbocycles. The van der Waals surface area contributed by atoms with Crippen LogP contribution in [0.4, 0.5) is 0 Å². The Hall–Kier alpha value is -1.32. The second kappa shape index (κ2) is 12.0. The minimum absolute atomic E-state index is 0.0188. The molecule has 38 heavy (non-hydrogen) atoms. The first kappa shape index (κ1) is 31.2. The van der Waals surface area contributed by atoms with Gasteiger partial charge in [-0.15, -0.1) is 24.9 Å². The fraction of sp³-hybridized carbons (Fsp3) is 0.759. The lowest BCUT2D eigenvalue weighted by molar-refractivity contribution is -0.154. The molecule has 6 atom stereocenters. The number of carbonyl (C=O) groups is 3. The van der Waals surface area contributed by atoms with Crippen LogP contribution in [0.15, 0.2) is 25.3 Å². The van der Waals surface area contributed by atoms with Gasteiger partial charge in [-0.1, -0.05) is 48.9 Å². The Labute approximate surface area is 240 Å². The molecule has 3 aliphatic rings. The molecule has 3 heterocycles. The van der Waals surface area contributed by atoms with Crippen LogP contribution in [0.1, 0.15) is 66.7 Å². The number of alkyl halides is 1. The van der Waals surface area contributed by atoms with Gasteiger partial charge in [0, 0.05) is 28.7 Å². The minimum Gasteiger partial charge on any atom is -0.465 e. The summed E-state index contributed by atoms with van der Waals surface area (Å²) >= 11 is 5.37. The predicted molar refractivity (Wildman–Crippen MR) is 156 cm³/mol. The van der Waals surface area contributed by atoms with Crippen molar-refractivity contribution in [3.8, 4) is 0 Å². The van der Waals surface area contributed by atoms with Crippen LogP contribution in [0.5, 0.6) is 0 Å². The molecule has 2 bridgehead atoms. The van der Waals surface area contributed by atoms with E-state index in [1.807, 2.05) is 11.0 Å². The van der Waals surface area contributed by atoms with Gasteiger partial charge in [0.05, 0.1) is 29.8 Å². The smallest absolute Gasteiger partial charge is 0.310 e. The number of halogens is 1. The fourth-order valence-corrected chi connectivity index (χ4v) is 10.6. The summed E-state index contributed by atoms with van der Waals surface area (Å²) in [6.07, 6.45) is 7.41. The van der Waals surface area contributed by atoms with E-state index in [0.717, 1.165) is 25.7 Å². The zero-order valence-electron chi connectivity index (χ0n) is 23.6. The topological polar surface area (TPSA) is 87.1 Å². The maximum atomic E-state index is 14.5. The maximum absolute atomic E-state index is 14.5. The van der Waals surface area contributed by atoms with Gasteiger partial charge >= 0.3 is 5.97 Å². The number of likely N-dealkylation sites (tertiary alicyclic amines) is 1. The van der Waals surface area contributed by atoms with Crippen molar-refractivity contribution < 1.29 is 24.2 Å².